The van der Waals surface area contributed by atoms with Crippen molar-refractivity contribution in [2.75, 3.05) is 0 Å². The van der Waals surface area contributed by atoms with Crippen LogP contribution in [0.4, 0.5) is 0 Å². The Labute approximate surface area is 104 Å². The summed E-state index contributed by atoms with van der Waals surface area (Å²) in [4.78, 5) is 16.0. The molecule has 0 unspecified atom stereocenters. The maximum absolute atomic E-state index is 11.6. The molecule has 0 amide bonds. The van der Waals surface area contributed by atoms with Crippen LogP contribution in [0.25, 0.3) is 0 Å². The highest BCUT2D eigenvalue weighted by molar-refractivity contribution is 14.1. The predicted octanol–water partition coefficient (Wildman–Crippen LogP) is 2.77. The van der Waals surface area contributed by atoms with Gasteiger partial charge in [-0.3, -0.25) is 4.98 Å². The smallest absolute Gasteiger partial charge is 0.353 e. The molecular formula is C10H5INO2S. The molecule has 0 aromatic carbocycles. The number of rotatable bonds is 2. The number of pyridine rings is 1. The first-order valence-electron chi connectivity index (χ1n) is 4.04. The average Bonchev–Trinajstić information content (AvgIpc) is 2.74. The van der Waals surface area contributed by atoms with Crippen LogP contribution in [0.3, 0.4) is 0 Å². The zero-order chi connectivity index (χ0) is 10.7. The van der Waals surface area contributed by atoms with Crippen molar-refractivity contribution >= 4 is 39.9 Å². The zero-order valence-corrected chi connectivity index (χ0v) is 10.4. The lowest BCUT2D eigenvalue weighted by atomic mass is 10.4. The lowest BCUT2D eigenvalue weighted by molar-refractivity contribution is 0.0738. The first-order valence-corrected chi connectivity index (χ1v) is 6.00. The maximum atomic E-state index is 11.6. The highest BCUT2D eigenvalue weighted by Crippen LogP contribution is 2.20. The number of carbonyl (C=O) groups is 1. The number of carbonyl (C=O) groups excluding carboxylic acids is 1. The highest BCUT2D eigenvalue weighted by Gasteiger charge is 2.11. The molecule has 0 spiro atoms. The third kappa shape index (κ3) is 2.54. The average molecular weight is 330 g/mol. The zero-order valence-electron chi connectivity index (χ0n) is 7.44. The Morgan fingerprint density at radius 3 is 3.13 bits per heavy atom. The fourth-order valence-electron chi connectivity index (χ4n) is 0.945. The molecular weight excluding hydrogens is 325 g/mol. The van der Waals surface area contributed by atoms with Crippen molar-refractivity contribution in [2.45, 2.75) is 0 Å². The summed E-state index contributed by atoms with van der Waals surface area (Å²) >= 11 is 3.41. The van der Waals surface area contributed by atoms with Gasteiger partial charge in [-0.15, -0.1) is 11.3 Å². The van der Waals surface area contributed by atoms with Gasteiger partial charge in [0.15, 0.2) is 0 Å². The van der Waals surface area contributed by atoms with Crippen LogP contribution < -0.4 is 4.74 Å². The molecule has 0 atom stereocenters. The molecule has 0 aliphatic rings. The van der Waals surface area contributed by atoms with Crippen molar-refractivity contribution in [3.05, 3.63) is 44.4 Å². The van der Waals surface area contributed by atoms with Gasteiger partial charge in [-0.25, -0.2) is 4.79 Å². The van der Waals surface area contributed by atoms with E-state index >= 15 is 0 Å². The van der Waals surface area contributed by atoms with Crippen molar-refractivity contribution in [3.63, 3.8) is 0 Å². The second-order valence-electron chi connectivity index (χ2n) is 2.61. The first kappa shape index (κ1) is 10.6. The molecule has 2 heterocycles. The van der Waals surface area contributed by atoms with E-state index in [0.29, 0.717) is 10.6 Å². The van der Waals surface area contributed by atoms with Crippen LogP contribution in [0.15, 0.2) is 29.8 Å². The van der Waals surface area contributed by atoms with Gasteiger partial charge in [0.05, 0.1) is 9.77 Å². The number of hydrogen-bond donors (Lipinski definition) is 0. The van der Waals surface area contributed by atoms with Gasteiger partial charge >= 0.3 is 5.97 Å². The number of hydrogen-bond acceptors (Lipinski definition) is 4. The molecule has 1 radical (unpaired) electrons. The quantitative estimate of drug-likeness (QED) is 0.628. The summed E-state index contributed by atoms with van der Waals surface area (Å²) in [6.07, 6.45) is 4.22. The minimum atomic E-state index is -0.345. The van der Waals surface area contributed by atoms with Crippen molar-refractivity contribution in [3.8, 4) is 5.75 Å². The summed E-state index contributed by atoms with van der Waals surface area (Å²) in [7, 11) is 0. The van der Waals surface area contributed by atoms with Gasteiger partial charge in [-0.1, -0.05) is 6.07 Å². The fourth-order valence-corrected chi connectivity index (χ4v) is 1.95. The molecule has 15 heavy (non-hydrogen) atoms. The molecule has 2 aromatic heterocycles. The van der Waals surface area contributed by atoms with Gasteiger partial charge in [-0.05, 0) is 34.0 Å². The summed E-state index contributed by atoms with van der Waals surface area (Å²) in [5.74, 6) is 0.145. The Balaban J connectivity index is 2.17. The largest absolute Gasteiger partial charge is 0.421 e. The van der Waals surface area contributed by atoms with Crippen LogP contribution in [-0.4, -0.2) is 11.0 Å². The molecule has 0 bridgehead atoms. The van der Waals surface area contributed by atoms with E-state index in [-0.39, 0.29) is 5.97 Å². The van der Waals surface area contributed by atoms with E-state index in [1.807, 2.05) is 11.4 Å². The first-order chi connectivity index (χ1) is 7.27. The van der Waals surface area contributed by atoms with Crippen molar-refractivity contribution in [1.82, 2.24) is 4.98 Å². The second-order valence-corrected chi connectivity index (χ2v) is 4.72. The van der Waals surface area contributed by atoms with Crippen LogP contribution in [0.5, 0.6) is 5.75 Å². The van der Waals surface area contributed by atoms with Gasteiger partial charge in [0.1, 0.15) is 10.6 Å². The maximum Gasteiger partial charge on any atom is 0.353 e. The number of aromatic nitrogens is 1. The summed E-state index contributed by atoms with van der Waals surface area (Å²) in [5.41, 5.74) is 0. The van der Waals surface area contributed by atoms with Crippen LogP contribution in [-0.2, 0) is 0 Å². The van der Waals surface area contributed by atoms with E-state index in [4.69, 9.17) is 4.74 Å². The van der Waals surface area contributed by atoms with E-state index in [1.54, 1.807) is 18.3 Å². The molecule has 0 aliphatic carbocycles. The van der Waals surface area contributed by atoms with E-state index < -0.39 is 0 Å². The van der Waals surface area contributed by atoms with Gasteiger partial charge in [0.25, 0.3) is 0 Å². The predicted molar refractivity (Wildman–Crippen MR) is 65.1 cm³/mol. The standard InChI is InChI=1S/C10H5INO2S/c11-7-6-12-4-3-8(7)14-10(13)9-2-1-5-15-9/h1-3,5-6H. The van der Waals surface area contributed by atoms with Gasteiger partial charge in [0.2, 0.25) is 0 Å². The number of ether oxygens (including phenoxy) is 1. The Hall–Kier alpha value is -0.950. The van der Waals surface area contributed by atoms with E-state index in [2.05, 4.69) is 33.8 Å². The molecule has 5 heteroatoms. The Morgan fingerprint density at radius 1 is 1.60 bits per heavy atom. The normalized spacial score (nSPS) is 9.93. The number of thiophene rings is 1. The summed E-state index contributed by atoms with van der Waals surface area (Å²) < 4.78 is 5.97. The van der Waals surface area contributed by atoms with Gasteiger partial charge in [0, 0.05) is 12.3 Å². The van der Waals surface area contributed by atoms with E-state index in [1.165, 1.54) is 11.3 Å². The molecule has 0 aliphatic heterocycles. The van der Waals surface area contributed by atoms with Crippen molar-refractivity contribution in [1.29, 1.82) is 0 Å². The highest BCUT2D eigenvalue weighted by atomic mass is 127. The van der Waals surface area contributed by atoms with Gasteiger partial charge in [-0.2, -0.15) is 0 Å². The van der Waals surface area contributed by atoms with Crippen LogP contribution in [0.1, 0.15) is 9.67 Å². The summed E-state index contributed by atoms with van der Waals surface area (Å²) in [5, 5.41) is 1.83. The third-order valence-corrected chi connectivity index (χ3v) is 3.27. The minimum absolute atomic E-state index is 0.345. The molecule has 2 rings (SSSR count). The third-order valence-electron chi connectivity index (χ3n) is 1.61. The lowest BCUT2D eigenvalue weighted by Crippen LogP contribution is -2.07. The molecule has 3 nitrogen and oxygen atoms in total. The SMILES string of the molecule is O=C(Oc1c[c]ncc1I)c1cccs1. The lowest BCUT2D eigenvalue weighted by Gasteiger charge is -2.03. The van der Waals surface area contributed by atoms with Crippen LogP contribution >= 0.6 is 33.9 Å². The van der Waals surface area contributed by atoms with Crippen molar-refractivity contribution < 1.29 is 9.53 Å². The number of nitrogens with zero attached hydrogens (tertiary/aromatic N) is 1. The number of esters is 1. The molecule has 0 fully saturated rings. The molecule has 2 aromatic rings. The second kappa shape index (κ2) is 4.71. The van der Waals surface area contributed by atoms with Crippen molar-refractivity contribution in [2.24, 2.45) is 0 Å². The minimum Gasteiger partial charge on any atom is -0.421 e. The Kier molecular flexibility index (Phi) is 3.32. The molecule has 0 N–H and O–H groups in total. The Bertz CT molecular complexity index is 470. The molecule has 75 valence electrons. The molecule has 0 saturated heterocycles. The fraction of sp³-hybridized carbons (Fsp3) is 0. The van der Waals surface area contributed by atoms with E-state index in [0.717, 1.165) is 3.57 Å². The van der Waals surface area contributed by atoms with E-state index in [9.17, 15) is 4.79 Å². The summed E-state index contributed by atoms with van der Waals surface area (Å²) in [6, 6.07) is 5.09. The van der Waals surface area contributed by atoms with Crippen LogP contribution in [0.2, 0.25) is 0 Å². The topological polar surface area (TPSA) is 39.2 Å². The van der Waals surface area contributed by atoms with Crippen LogP contribution in [0, 0.1) is 9.77 Å². The number of halogens is 1. The summed E-state index contributed by atoms with van der Waals surface area (Å²) in [6.45, 7) is 0. The van der Waals surface area contributed by atoms with Gasteiger partial charge < -0.3 is 4.74 Å². The molecule has 0 saturated carbocycles. The monoisotopic (exact) mass is 330 g/mol. The Morgan fingerprint density at radius 2 is 2.47 bits per heavy atom.